The van der Waals surface area contributed by atoms with Gasteiger partial charge >= 0.3 is 0 Å². The van der Waals surface area contributed by atoms with Gasteiger partial charge in [0.2, 0.25) is 5.91 Å². The van der Waals surface area contributed by atoms with E-state index in [0.29, 0.717) is 17.5 Å². The lowest BCUT2D eigenvalue weighted by Crippen LogP contribution is -2.23. The van der Waals surface area contributed by atoms with Gasteiger partial charge in [-0.3, -0.25) is 4.79 Å². The highest BCUT2D eigenvalue weighted by Gasteiger charge is 2.11. The molecule has 0 aromatic carbocycles. The van der Waals surface area contributed by atoms with E-state index in [4.69, 9.17) is 11.5 Å². The molecule has 1 rings (SSSR count). The Balaban J connectivity index is 3.01. The van der Waals surface area contributed by atoms with Crippen molar-refractivity contribution in [3.63, 3.8) is 0 Å². The van der Waals surface area contributed by atoms with Gasteiger partial charge < -0.3 is 16.8 Å². The van der Waals surface area contributed by atoms with Gasteiger partial charge in [0.15, 0.2) is 0 Å². The maximum Gasteiger partial charge on any atom is 0.236 e. The van der Waals surface area contributed by atoms with Gasteiger partial charge in [-0.05, 0) is 6.92 Å². The van der Waals surface area contributed by atoms with E-state index in [1.165, 1.54) is 0 Å². The molecule has 0 radical (unpaired) electrons. The van der Waals surface area contributed by atoms with Gasteiger partial charge in [-0.25, -0.2) is 9.97 Å². The number of aromatic nitrogens is 2. The number of nitrogens with two attached hydrogens (primary N) is 2. The number of carbonyl (C=O) groups is 1. The second-order valence-corrected chi connectivity index (χ2v) is 3.92. The molecule has 1 aromatic heterocycles. The van der Waals surface area contributed by atoms with Gasteiger partial charge in [0.1, 0.15) is 17.5 Å². The zero-order chi connectivity index (χ0) is 12.3. The van der Waals surface area contributed by atoms with Gasteiger partial charge in [-0.2, -0.15) is 0 Å². The molecule has 0 saturated carbocycles. The number of carbonyl (C=O) groups excluding carboxylic acids is 1. The summed E-state index contributed by atoms with van der Waals surface area (Å²) in [5.41, 5.74) is 11.5. The van der Waals surface area contributed by atoms with Gasteiger partial charge in [-0.15, -0.1) is 0 Å². The molecular formula is C10H17N5O. The number of nitrogens with zero attached hydrogens (tertiary/aromatic N) is 2. The molecule has 0 bridgehead atoms. The highest BCUT2D eigenvalue weighted by atomic mass is 16.1. The molecule has 1 heterocycles. The van der Waals surface area contributed by atoms with E-state index in [0.717, 1.165) is 5.56 Å². The molecule has 6 nitrogen and oxygen atoms in total. The Bertz CT molecular complexity index is 402. The van der Waals surface area contributed by atoms with Crippen molar-refractivity contribution in [3.05, 3.63) is 11.4 Å². The summed E-state index contributed by atoms with van der Waals surface area (Å²) in [7, 11) is 0. The van der Waals surface area contributed by atoms with E-state index in [9.17, 15) is 4.79 Å². The standard InChI is InChI=1S/C10H17N5O/c1-5(2)9-14-8(12)6(3)10(15-9)13-4-7(11)16/h5H,4H2,1-3H3,(H2,11,16)(H3,12,13,14,15). The summed E-state index contributed by atoms with van der Waals surface area (Å²) in [5, 5.41) is 2.84. The SMILES string of the molecule is Cc1c(N)nc(C(C)C)nc1NCC(N)=O. The Morgan fingerprint density at radius 1 is 1.44 bits per heavy atom. The summed E-state index contributed by atoms with van der Waals surface area (Å²) in [5.74, 6) is 1.37. The normalized spacial score (nSPS) is 10.5. The van der Waals surface area contributed by atoms with E-state index in [1.54, 1.807) is 6.92 Å². The lowest BCUT2D eigenvalue weighted by molar-refractivity contribution is -0.116. The monoisotopic (exact) mass is 223 g/mol. The van der Waals surface area contributed by atoms with E-state index >= 15 is 0 Å². The summed E-state index contributed by atoms with van der Waals surface area (Å²) in [6, 6.07) is 0. The van der Waals surface area contributed by atoms with E-state index in [2.05, 4.69) is 15.3 Å². The van der Waals surface area contributed by atoms with E-state index < -0.39 is 5.91 Å². The van der Waals surface area contributed by atoms with Crippen molar-refractivity contribution in [3.8, 4) is 0 Å². The Morgan fingerprint density at radius 3 is 2.56 bits per heavy atom. The first-order chi connectivity index (χ1) is 7.41. The summed E-state index contributed by atoms with van der Waals surface area (Å²) in [6.45, 7) is 5.78. The van der Waals surface area contributed by atoms with Crippen LogP contribution < -0.4 is 16.8 Å². The lowest BCUT2D eigenvalue weighted by Gasteiger charge is -2.12. The lowest BCUT2D eigenvalue weighted by atomic mass is 10.2. The Hall–Kier alpha value is -1.85. The summed E-state index contributed by atoms with van der Waals surface area (Å²) in [6.07, 6.45) is 0. The van der Waals surface area contributed by atoms with Crippen LogP contribution in [0.1, 0.15) is 31.2 Å². The minimum atomic E-state index is -0.442. The molecule has 16 heavy (non-hydrogen) atoms. The van der Waals surface area contributed by atoms with Crippen molar-refractivity contribution >= 4 is 17.5 Å². The molecule has 0 saturated heterocycles. The van der Waals surface area contributed by atoms with Crippen LogP contribution in [0, 0.1) is 6.92 Å². The minimum Gasteiger partial charge on any atom is -0.383 e. The second kappa shape index (κ2) is 4.78. The quantitative estimate of drug-likeness (QED) is 0.684. The summed E-state index contributed by atoms with van der Waals surface area (Å²) in [4.78, 5) is 19.1. The number of hydrogen-bond acceptors (Lipinski definition) is 5. The first-order valence-electron chi connectivity index (χ1n) is 5.08. The molecule has 0 aliphatic rings. The third-order valence-electron chi connectivity index (χ3n) is 2.15. The average Bonchev–Trinajstić information content (AvgIpc) is 2.19. The largest absolute Gasteiger partial charge is 0.383 e. The minimum absolute atomic E-state index is 0.0365. The molecule has 6 heteroatoms. The Morgan fingerprint density at radius 2 is 2.06 bits per heavy atom. The zero-order valence-corrected chi connectivity index (χ0v) is 9.74. The van der Waals surface area contributed by atoms with Crippen molar-refractivity contribution in [2.45, 2.75) is 26.7 Å². The van der Waals surface area contributed by atoms with Gasteiger partial charge in [0, 0.05) is 11.5 Å². The first kappa shape index (κ1) is 12.2. The number of rotatable bonds is 4. The molecule has 1 aromatic rings. The first-order valence-corrected chi connectivity index (χ1v) is 5.08. The molecule has 1 amide bonds. The molecule has 88 valence electrons. The highest BCUT2D eigenvalue weighted by Crippen LogP contribution is 2.20. The number of nitrogens with one attached hydrogen (secondary N) is 1. The van der Waals surface area contributed by atoms with Crippen LogP contribution in [0.15, 0.2) is 0 Å². The van der Waals surface area contributed by atoms with Gasteiger partial charge in [0.25, 0.3) is 0 Å². The van der Waals surface area contributed by atoms with Crippen LogP contribution in [0.25, 0.3) is 0 Å². The smallest absolute Gasteiger partial charge is 0.236 e. The van der Waals surface area contributed by atoms with Gasteiger partial charge in [-0.1, -0.05) is 13.8 Å². The zero-order valence-electron chi connectivity index (χ0n) is 9.74. The molecule has 0 fully saturated rings. The van der Waals surface area contributed by atoms with Crippen molar-refractivity contribution in [1.29, 1.82) is 0 Å². The molecule has 0 spiro atoms. The molecule has 5 N–H and O–H groups in total. The van der Waals surface area contributed by atoms with Crippen LogP contribution in [-0.4, -0.2) is 22.4 Å². The molecule has 0 aliphatic heterocycles. The number of anilines is 2. The topological polar surface area (TPSA) is 107 Å². The number of nitrogen functional groups attached to an aromatic ring is 1. The fourth-order valence-corrected chi connectivity index (χ4v) is 1.15. The van der Waals surface area contributed by atoms with Crippen LogP contribution in [0.4, 0.5) is 11.6 Å². The maximum absolute atomic E-state index is 10.7. The summed E-state index contributed by atoms with van der Waals surface area (Å²) < 4.78 is 0. The third kappa shape index (κ3) is 2.82. The van der Waals surface area contributed by atoms with Crippen molar-refractivity contribution < 1.29 is 4.79 Å². The summed E-state index contributed by atoms with van der Waals surface area (Å²) >= 11 is 0. The van der Waals surface area contributed by atoms with Crippen molar-refractivity contribution in [2.75, 3.05) is 17.6 Å². The number of primary amides is 1. The predicted octanol–water partition coefficient (Wildman–Crippen LogP) is 0.388. The van der Waals surface area contributed by atoms with E-state index in [1.807, 2.05) is 13.8 Å². The van der Waals surface area contributed by atoms with Crippen molar-refractivity contribution in [2.24, 2.45) is 5.73 Å². The van der Waals surface area contributed by atoms with E-state index in [-0.39, 0.29) is 12.5 Å². The fraction of sp³-hybridized carbons (Fsp3) is 0.500. The van der Waals surface area contributed by atoms with Crippen LogP contribution >= 0.6 is 0 Å². The number of amides is 1. The molecule has 0 unspecified atom stereocenters. The Labute approximate surface area is 94.5 Å². The average molecular weight is 223 g/mol. The van der Waals surface area contributed by atoms with Crippen LogP contribution in [0.3, 0.4) is 0 Å². The second-order valence-electron chi connectivity index (χ2n) is 3.92. The van der Waals surface area contributed by atoms with Crippen LogP contribution in [-0.2, 0) is 4.79 Å². The predicted molar refractivity (Wildman–Crippen MR) is 63.0 cm³/mol. The Kier molecular flexibility index (Phi) is 3.65. The van der Waals surface area contributed by atoms with Gasteiger partial charge in [0.05, 0.1) is 6.54 Å². The van der Waals surface area contributed by atoms with Crippen molar-refractivity contribution in [1.82, 2.24) is 9.97 Å². The van der Waals surface area contributed by atoms with Crippen LogP contribution in [0.2, 0.25) is 0 Å². The molecular weight excluding hydrogens is 206 g/mol. The fourth-order valence-electron chi connectivity index (χ4n) is 1.15. The molecule has 0 aliphatic carbocycles. The maximum atomic E-state index is 10.7. The highest BCUT2D eigenvalue weighted by molar-refractivity contribution is 5.79. The molecule has 0 atom stereocenters. The number of hydrogen-bond donors (Lipinski definition) is 3. The third-order valence-corrected chi connectivity index (χ3v) is 2.15. The van der Waals surface area contributed by atoms with Crippen LogP contribution in [0.5, 0.6) is 0 Å².